The lowest BCUT2D eigenvalue weighted by Crippen LogP contribution is -2.09. The maximum absolute atomic E-state index is 11.5. The van der Waals surface area contributed by atoms with Crippen LogP contribution in [-0.4, -0.2) is 36.1 Å². The monoisotopic (exact) mass is 478 g/mol. The molecule has 1 N–H and O–H groups in total. The highest BCUT2D eigenvalue weighted by Gasteiger charge is 2.28. The molecular weight excluding hydrogens is 436 g/mol. The highest BCUT2D eigenvalue weighted by Crippen LogP contribution is 2.23. The minimum Gasteiger partial charge on any atom is -0.481 e. The molecule has 34 heavy (non-hydrogen) atoms. The number of carboxylic acid groups (broad SMARTS) is 1. The zero-order chi connectivity index (χ0) is 25.2. The first-order chi connectivity index (χ1) is 16.4. The first kappa shape index (κ1) is 29.6. The number of hydrogen-bond acceptors (Lipinski definition) is 6. The van der Waals surface area contributed by atoms with Gasteiger partial charge in [-0.25, -0.2) is 14.4 Å². The molecule has 1 aliphatic heterocycles. The van der Waals surface area contributed by atoms with Gasteiger partial charge in [-0.1, -0.05) is 83.1 Å². The Morgan fingerprint density at radius 1 is 0.794 bits per heavy atom. The van der Waals surface area contributed by atoms with Crippen LogP contribution in [0.25, 0.3) is 0 Å². The molecule has 192 valence electrons. The summed E-state index contributed by atoms with van der Waals surface area (Å²) in [6, 6.07) is 0. The number of ether oxygens (including phenoxy) is 2. The molecule has 0 bridgehead atoms. The summed E-state index contributed by atoms with van der Waals surface area (Å²) < 4.78 is 9.23. The normalized spacial score (nSPS) is 14.0. The van der Waals surface area contributed by atoms with Gasteiger partial charge in [-0.15, -0.1) is 0 Å². The third kappa shape index (κ3) is 12.7. The fourth-order valence-corrected chi connectivity index (χ4v) is 4.15. The maximum Gasteiger partial charge on any atom is 0.342 e. The summed E-state index contributed by atoms with van der Waals surface area (Å²) in [6.07, 6.45) is 19.2. The average Bonchev–Trinajstić information content (AvgIpc) is 3.05. The van der Waals surface area contributed by atoms with E-state index in [0.717, 1.165) is 25.7 Å². The predicted molar refractivity (Wildman–Crippen MR) is 130 cm³/mol. The highest BCUT2D eigenvalue weighted by atomic mass is 16.6. The quantitative estimate of drug-likeness (QED) is 0.0960. The first-order valence-corrected chi connectivity index (χ1v) is 12.8. The van der Waals surface area contributed by atoms with Gasteiger partial charge in [0.1, 0.15) is 0 Å². The maximum atomic E-state index is 11.5. The number of rotatable bonds is 20. The summed E-state index contributed by atoms with van der Waals surface area (Å²) in [7, 11) is 1.27. The number of carbonyl (C=O) groups excluding carboxylic acids is 3. The predicted octanol–water partition coefficient (Wildman–Crippen LogP) is 6.20. The number of esters is 3. The van der Waals surface area contributed by atoms with E-state index in [4.69, 9.17) is 5.11 Å². The molecule has 0 saturated heterocycles. The standard InChI is InChI=1S/C27H42O7/c1-21-23(27(32)34-25(21)30)19-17-15-13-11-9-7-5-3-4-6-8-10-12-14-16-18-22(20-24(28)29)26(31)33-2/h18H,3-17,19-20H2,1-2H3,(H,28,29)/b22-18-. The van der Waals surface area contributed by atoms with E-state index in [1.807, 2.05) is 0 Å². The lowest BCUT2D eigenvalue weighted by atomic mass is 10.0. The van der Waals surface area contributed by atoms with Crippen molar-refractivity contribution < 1.29 is 33.8 Å². The molecule has 0 amide bonds. The van der Waals surface area contributed by atoms with Gasteiger partial charge in [-0.05, 0) is 32.6 Å². The second-order valence-electron chi connectivity index (χ2n) is 9.06. The summed E-state index contributed by atoms with van der Waals surface area (Å²) in [4.78, 5) is 45.2. The van der Waals surface area contributed by atoms with E-state index < -0.39 is 23.9 Å². The molecule has 0 aromatic carbocycles. The van der Waals surface area contributed by atoms with Crippen molar-refractivity contribution >= 4 is 23.9 Å². The van der Waals surface area contributed by atoms with Crippen molar-refractivity contribution in [3.8, 4) is 0 Å². The lowest BCUT2D eigenvalue weighted by molar-refractivity contribution is -0.151. The molecule has 0 aromatic heterocycles. The SMILES string of the molecule is COC(=O)/C(=C\CCCCCCCCCCCCCCCCC1=C(C)C(=O)OC1=O)CC(=O)O. The Morgan fingerprint density at radius 2 is 1.26 bits per heavy atom. The van der Waals surface area contributed by atoms with Crippen molar-refractivity contribution in [2.75, 3.05) is 7.11 Å². The smallest absolute Gasteiger partial charge is 0.342 e. The van der Waals surface area contributed by atoms with Crippen LogP contribution in [0.2, 0.25) is 0 Å². The van der Waals surface area contributed by atoms with Gasteiger partial charge in [0.15, 0.2) is 0 Å². The minimum absolute atomic E-state index is 0.232. The van der Waals surface area contributed by atoms with Crippen LogP contribution >= 0.6 is 0 Å². The fraction of sp³-hybridized carbons (Fsp3) is 0.704. The highest BCUT2D eigenvalue weighted by molar-refractivity contribution is 6.11. The molecule has 0 aliphatic carbocycles. The van der Waals surface area contributed by atoms with E-state index in [9.17, 15) is 19.2 Å². The van der Waals surface area contributed by atoms with E-state index in [2.05, 4.69) is 9.47 Å². The van der Waals surface area contributed by atoms with Crippen molar-refractivity contribution in [2.45, 2.75) is 116 Å². The van der Waals surface area contributed by atoms with Crippen LogP contribution in [0.4, 0.5) is 0 Å². The summed E-state index contributed by atoms with van der Waals surface area (Å²) in [5.74, 6) is -2.52. The van der Waals surface area contributed by atoms with E-state index in [0.29, 0.717) is 24.0 Å². The van der Waals surface area contributed by atoms with Crippen LogP contribution < -0.4 is 0 Å². The number of unbranched alkanes of at least 4 members (excludes halogenated alkanes) is 14. The Labute approximate surface area is 204 Å². The van der Waals surface area contributed by atoms with E-state index in [1.54, 1.807) is 13.0 Å². The molecule has 1 heterocycles. The molecule has 1 aliphatic rings. The van der Waals surface area contributed by atoms with Crippen LogP contribution in [-0.2, 0) is 28.7 Å². The Hall–Kier alpha value is -2.44. The molecule has 1 rings (SSSR count). The number of carbonyl (C=O) groups is 4. The van der Waals surface area contributed by atoms with Gasteiger partial charge >= 0.3 is 23.9 Å². The van der Waals surface area contributed by atoms with Crippen LogP contribution in [0.3, 0.4) is 0 Å². The van der Waals surface area contributed by atoms with Crippen molar-refractivity contribution in [1.82, 2.24) is 0 Å². The Morgan fingerprint density at radius 3 is 1.68 bits per heavy atom. The number of cyclic esters (lactones) is 2. The zero-order valence-corrected chi connectivity index (χ0v) is 21.0. The average molecular weight is 479 g/mol. The van der Waals surface area contributed by atoms with Crippen molar-refractivity contribution in [3.05, 3.63) is 22.8 Å². The number of methoxy groups -OCH3 is 1. The molecule has 7 nitrogen and oxygen atoms in total. The molecule has 0 fully saturated rings. The summed E-state index contributed by atoms with van der Waals surface area (Å²) in [5, 5.41) is 8.85. The van der Waals surface area contributed by atoms with E-state index in [-0.39, 0.29) is 12.0 Å². The largest absolute Gasteiger partial charge is 0.481 e. The zero-order valence-electron chi connectivity index (χ0n) is 21.0. The molecule has 7 heteroatoms. The molecule has 0 spiro atoms. The van der Waals surface area contributed by atoms with Crippen molar-refractivity contribution in [1.29, 1.82) is 0 Å². The van der Waals surface area contributed by atoms with Gasteiger partial charge < -0.3 is 14.6 Å². The minimum atomic E-state index is -1.02. The van der Waals surface area contributed by atoms with Gasteiger partial charge in [0, 0.05) is 16.7 Å². The van der Waals surface area contributed by atoms with Gasteiger partial charge in [-0.2, -0.15) is 0 Å². The second-order valence-corrected chi connectivity index (χ2v) is 9.06. The van der Waals surface area contributed by atoms with Crippen LogP contribution in [0.5, 0.6) is 0 Å². The van der Waals surface area contributed by atoms with E-state index >= 15 is 0 Å². The van der Waals surface area contributed by atoms with Gasteiger partial charge in [0.2, 0.25) is 0 Å². The Kier molecular flexibility index (Phi) is 15.6. The van der Waals surface area contributed by atoms with E-state index in [1.165, 1.54) is 71.3 Å². The summed E-state index contributed by atoms with van der Waals surface area (Å²) in [5.41, 5.74) is 1.27. The van der Waals surface area contributed by atoms with Crippen molar-refractivity contribution in [2.24, 2.45) is 0 Å². The van der Waals surface area contributed by atoms with Crippen LogP contribution in [0.15, 0.2) is 22.8 Å². The number of aliphatic carboxylic acids is 1. The summed E-state index contributed by atoms with van der Waals surface area (Å²) >= 11 is 0. The molecular formula is C27H42O7. The molecule has 0 unspecified atom stereocenters. The van der Waals surface area contributed by atoms with Gasteiger partial charge in [-0.3, -0.25) is 4.79 Å². The fourth-order valence-electron chi connectivity index (χ4n) is 4.15. The molecule has 0 saturated carbocycles. The third-order valence-electron chi connectivity index (χ3n) is 6.25. The Balaban J connectivity index is 1.89. The number of hydrogen-bond donors (Lipinski definition) is 1. The summed E-state index contributed by atoms with van der Waals surface area (Å²) in [6.45, 7) is 1.66. The lowest BCUT2D eigenvalue weighted by Gasteiger charge is -2.04. The number of allylic oxidation sites excluding steroid dienone is 1. The van der Waals surface area contributed by atoms with Gasteiger partial charge in [0.05, 0.1) is 13.5 Å². The first-order valence-electron chi connectivity index (χ1n) is 12.8. The number of carboxylic acids is 1. The second kappa shape index (κ2) is 18.0. The van der Waals surface area contributed by atoms with Crippen molar-refractivity contribution in [3.63, 3.8) is 0 Å². The topological polar surface area (TPSA) is 107 Å². The van der Waals surface area contributed by atoms with Gasteiger partial charge in [0.25, 0.3) is 0 Å². The molecule has 0 radical (unpaired) electrons. The van der Waals surface area contributed by atoms with Crippen LogP contribution in [0, 0.1) is 0 Å². The van der Waals surface area contributed by atoms with Crippen LogP contribution in [0.1, 0.15) is 116 Å². The molecule has 0 atom stereocenters. The third-order valence-corrected chi connectivity index (χ3v) is 6.25. The molecule has 0 aromatic rings. The Bertz CT molecular complexity index is 733.